The van der Waals surface area contributed by atoms with Crippen LogP contribution in [0.4, 0.5) is 0 Å². The van der Waals surface area contributed by atoms with Gasteiger partial charge in [-0.2, -0.15) is 0 Å². The van der Waals surface area contributed by atoms with Crippen LogP contribution in [0.2, 0.25) is 0 Å². The molecule has 3 rings (SSSR count). The van der Waals surface area contributed by atoms with Gasteiger partial charge >= 0.3 is 5.97 Å². The lowest BCUT2D eigenvalue weighted by atomic mass is 10.1. The lowest BCUT2D eigenvalue weighted by Crippen LogP contribution is -2.28. The molecule has 1 fully saturated rings. The molecule has 1 saturated heterocycles. The highest BCUT2D eigenvalue weighted by atomic mass is 16.5. The Hall–Kier alpha value is -2.67. The second kappa shape index (κ2) is 8.56. The number of methoxy groups -OCH3 is 1. The van der Waals surface area contributed by atoms with E-state index in [-0.39, 0.29) is 11.9 Å². The van der Waals surface area contributed by atoms with E-state index in [2.05, 4.69) is 9.88 Å². The topological polar surface area (TPSA) is 75.9 Å². The SMILES string of the molecule is CCN1C[C@H](CN(C)Cc2nc(-c3ccc(C(=O)OC)cc3)oc2C)CC1=O. The summed E-state index contributed by atoms with van der Waals surface area (Å²) >= 11 is 0. The van der Waals surface area contributed by atoms with Crippen molar-refractivity contribution in [2.24, 2.45) is 5.92 Å². The van der Waals surface area contributed by atoms with Gasteiger partial charge in [-0.25, -0.2) is 9.78 Å². The van der Waals surface area contributed by atoms with Gasteiger partial charge in [0.25, 0.3) is 0 Å². The van der Waals surface area contributed by atoms with E-state index in [1.54, 1.807) is 24.3 Å². The second-order valence-electron chi connectivity index (χ2n) is 7.29. The maximum atomic E-state index is 11.9. The molecule has 0 spiro atoms. The lowest BCUT2D eigenvalue weighted by molar-refractivity contribution is -0.127. The van der Waals surface area contributed by atoms with E-state index in [0.717, 1.165) is 36.7 Å². The zero-order valence-electron chi connectivity index (χ0n) is 16.9. The molecule has 0 unspecified atom stereocenters. The molecule has 2 aromatic rings. The van der Waals surface area contributed by atoms with Crippen molar-refractivity contribution in [2.75, 3.05) is 33.8 Å². The van der Waals surface area contributed by atoms with Crippen LogP contribution in [0.25, 0.3) is 11.5 Å². The first-order valence-corrected chi connectivity index (χ1v) is 9.52. The van der Waals surface area contributed by atoms with Crippen LogP contribution in [0, 0.1) is 12.8 Å². The van der Waals surface area contributed by atoms with Crippen LogP contribution in [-0.2, 0) is 16.1 Å². The summed E-state index contributed by atoms with van der Waals surface area (Å²) in [6.45, 7) is 7.03. The zero-order chi connectivity index (χ0) is 20.3. The van der Waals surface area contributed by atoms with Crippen LogP contribution in [0.15, 0.2) is 28.7 Å². The minimum Gasteiger partial charge on any atom is -0.465 e. The number of oxazole rings is 1. The third-order valence-electron chi connectivity index (χ3n) is 5.11. The Morgan fingerprint density at radius 2 is 2.07 bits per heavy atom. The van der Waals surface area contributed by atoms with E-state index in [1.807, 2.05) is 25.8 Å². The van der Waals surface area contributed by atoms with Crippen molar-refractivity contribution < 1.29 is 18.7 Å². The number of aryl methyl sites for hydroxylation is 1. The average molecular weight is 385 g/mol. The van der Waals surface area contributed by atoms with Gasteiger partial charge in [-0.1, -0.05) is 0 Å². The van der Waals surface area contributed by atoms with Crippen LogP contribution in [0.3, 0.4) is 0 Å². The van der Waals surface area contributed by atoms with Crippen LogP contribution in [0.5, 0.6) is 0 Å². The molecule has 1 atom stereocenters. The molecule has 0 bridgehead atoms. The number of amides is 1. The van der Waals surface area contributed by atoms with E-state index in [0.29, 0.717) is 30.3 Å². The number of hydrogen-bond donors (Lipinski definition) is 0. The predicted molar refractivity (Wildman–Crippen MR) is 105 cm³/mol. The fraction of sp³-hybridized carbons (Fsp3) is 0.476. The Morgan fingerprint density at radius 3 is 2.68 bits per heavy atom. The molecule has 7 heteroatoms. The largest absolute Gasteiger partial charge is 0.465 e. The zero-order valence-corrected chi connectivity index (χ0v) is 16.9. The van der Waals surface area contributed by atoms with Crippen molar-refractivity contribution in [2.45, 2.75) is 26.8 Å². The molecular formula is C21H27N3O4. The number of ether oxygens (including phenoxy) is 1. The number of likely N-dealkylation sites (tertiary alicyclic amines) is 1. The summed E-state index contributed by atoms with van der Waals surface area (Å²) in [7, 11) is 3.40. The molecule has 1 aromatic heterocycles. The van der Waals surface area contributed by atoms with E-state index in [9.17, 15) is 9.59 Å². The summed E-state index contributed by atoms with van der Waals surface area (Å²) in [6, 6.07) is 7.00. The standard InChI is InChI=1S/C21H27N3O4/c1-5-24-12-15(10-19(24)25)11-23(3)13-18-14(2)28-20(22-18)16-6-8-17(9-7-16)21(26)27-4/h6-9,15H,5,10-13H2,1-4H3/t15-/m0/s1. The second-order valence-corrected chi connectivity index (χ2v) is 7.29. The van der Waals surface area contributed by atoms with E-state index >= 15 is 0 Å². The minimum atomic E-state index is -0.371. The van der Waals surface area contributed by atoms with Gasteiger partial charge in [0.15, 0.2) is 0 Å². The van der Waals surface area contributed by atoms with Gasteiger partial charge in [0.2, 0.25) is 11.8 Å². The summed E-state index contributed by atoms with van der Waals surface area (Å²) in [4.78, 5) is 32.2. The number of carbonyl (C=O) groups excluding carboxylic acids is 2. The van der Waals surface area contributed by atoms with Crippen molar-refractivity contribution in [3.05, 3.63) is 41.3 Å². The number of aromatic nitrogens is 1. The Kier molecular flexibility index (Phi) is 6.14. The number of rotatable bonds is 7. The molecule has 0 radical (unpaired) electrons. The van der Waals surface area contributed by atoms with Gasteiger partial charge in [0, 0.05) is 38.2 Å². The molecule has 28 heavy (non-hydrogen) atoms. The summed E-state index contributed by atoms with van der Waals surface area (Å²) in [5, 5.41) is 0. The summed E-state index contributed by atoms with van der Waals surface area (Å²) in [6.07, 6.45) is 0.619. The van der Waals surface area contributed by atoms with Gasteiger partial charge in [-0.3, -0.25) is 4.79 Å². The Labute approximate surface area is 165 Å². The minimum absolute atomic E-state index is 0.246. The lowest BCUT2D eigenvalue weighted by Gasteiger charge is -2.20. The van der Waals surface area contributed by atoms with Gasteiger partial charge in [-0.05, 0) is 51.1 Å². The molecule has 2 heterocycles. The predicted octanol–water partition coefficient (Wildman–Crippen LogP) is 2.74. The highest BCUT2D eigenvalue weighted by Crippen LogP contribution is 2.24. The molecule has 0 aliphatic carbocycles. The number of carbonyl (C=O) groups is 2. The number of hydrogen-bond acceptors (Lipinski definition) is 6. The molecule has 7 nitrogen and oxygen atoms in total. The molecule has 1 aromatic carbocycles. The van der Waals surface area contributed by atoms with E-state index in [4.69, 9.17) is 9.15 Å². The summed E-state index contributed by atoms with van der Waals surface area (Å²) in [5.74, 6) is 1.54. The molecule has 1 aliphatic rings. The third kappa shape index (κ3) is 4.42. The smallest absolute Gasteiger partial charge is 0.337 e. The third-order valence-corrected chi connectivity index (χ3v) is 5.11. The van der Waals surface area contributed by atoms with Gasteiger partial charge in [0.05, 0.1) is 18.4 Å². The first-order valence-electron chi connectivity index (χ1n) is 9.52. The Balaban J connectivity index is 1.64. The van der Waals surface area contributed by atoms with Crippen LogP contribution in [0.1, 0.15) is 35.2 Å². The number of nitrogens with zero attached hydrogens (tertiary/aromatic N) is 3. The van der Waals surface area contributed by atoms with Crippen LogP contribution >= 0.6 is 0 Å². The molecule has 0 saturated carbocycles. The first-order chi connectivity index (χ1) is 13.4. The van der Waals surface area contributed by atoms with Gasteiger partial charge in [-0.15, -0.1) is 0 Å². The monoisotopic (exact) mass is 385 g/mol. The normalized spacial score (nSPS) is 16.8. The average Bonchev–Trinajstić information content (AvgIpc) is 3.23. The first kappa shape index (κ1) is 20.1. The molecule has 1 amide bonds. The fourth-order valence-electron chi connectivity index (χ4n) is 3.61. The number of esters is 1. The highest BCUT2D eigenvalue weighted by Gasteiger charge is 2.29. The quantitative estimate of drug-likeness (QED) is 0.682. The molecular weight excluding hydrogens is 358 g/mol. The van der Waals surface area contributed by atoms with Gasteiger partial charge in [0.1, 0.15) is 5.76 Å². The Bertz CT molecular complexity index is 844. The van der Waals surface area contributed by atoms with E-state index in [1.165, 1.54) is 7.11 Å². The van der Waals surface area contributed by atoms with Crippen LogP contribution < -0.4 is 0 Å². The maximum Gasteiger partial charge on any atom is 0.337 e. The number of benzene rings is 1. The highest BCUT2D eigenvalue weighted by molar-refractivity contribution is 5.89. The fourth-order valence-corrected chi connectivity index (χ4v) is 3.61. The van der Waals surface area contributed by atoms with Gasteiger partial charge < -0.3 is 19.0 Å². The van der Waals surface area contributed by atoms with Crippen LogP contribution in [-0.4, -0.2) is 60.5 Å². The summed E-state index contributed by atoms with van der Waals surface area (Å²) < 4.78 is 10.5. The van der Waals surface area contributed by atoms with Crippen molar-refractivity contribution in [3.63, 3.8) is 0 Å². The maximum absolute atomic E-state index is 11.9. The van der Waals surface area contributed by atoms with Crippen molar-refractivity contribution in [1.82, 2.24) is 14.8 Å². The molecule has 0 N–H and O–H groups in total. The van der Waals surface area contributed by atoms with Crippen molar-refractivity contribution in [3.8, 4) is 11.5 Å². The van der Waals surface area contributed by atoms with Crippen molar-refractivity contribution >= 4 is 11.9 Å². The van der Waals surface area contributed by atoms with Crippen molar-refractivity contribution in [1.29, 1.82) is 0 Å². The molecule has 1 aliphatic heterocycles. The Morgan fingerprint density at radius 1 is 1.36 bits per heavy atom. The summed E-state index contributed by atoms with van der Waals surface area (Å²) in [5.41, 5.74) is 2.18. The van der Waals surface area contributed by atoms with E-state index < -0.39 is 0 Å². The molecule has 150 valence electrons.